The van der Waals surface area contributed by atoms with Crippen LogP contribution in [0.15, 0.2) is 18.2 Å². The van der Waals surface area contributed by atoms with Crippen LogP contribution in [0.3, 0.4) is 0 Å². The van der Waals surface area contributed by atoms with Gasteiger partial charge < -0.3 is 18.0 Å². The van der Waals surface area contributed by atoms with Crippen molar-refractivity contribution in [2.24, 2.45) is 0 Å². The Bertz CT molecular complexity index is 515. The van der Waals surface area contributed by atoms with Gasteiger partial charge in [0.25, 0.3) is 0 Å². The second-order valence-electron chi connectivity index (χ2n) is 5.32. The second kappa shape index (κ2) is 8.59. The fraction of sp³-hybridized carbons (Fsp3) is 0.588. The van der Waals surface area contributed by atoms with Crippen molar-refractivity contribution in [2.45, 2.75) is 39.7 Å². The van der Waals surface area contributed by atoms with E-state index >= 15 is 0 Å². The Balaban J connectivity index is 2.19. The third-order valence-corrected chi connectivity index (χ3v) is 6.89. The number of carbonyl (C=O) groups excluding carboxylic acids is 1. The number of carbonyl (C=O) groups is 1. The monoisotopic (exact) mass is 338 g/mol. The summed E-state index contributed by atoms with van der Waals surface area (Å²) in [6.07, 6.45) is 1.46. The molecule has 0 spiro atoms. The van der Waals surface area contributed by atoms with Gasteiger partial charge in [-0.1, -0.05) is 18.2 Å². The van der Waals surface area contributed by atoms with Crippen molar-refractivity contribution in [3.63, 3.8) is 0 Å². The number of hydrogen-bond donors (Lipinski definition) is 0. The lowest BCUT2D eigenvalue weighted by Crippen LogP contribution is -2.46. The Morgan fingerprint density at radius 3 is 2.35 bits per heavy atom. The molecule has 1 aliphatic rings. The Hall–Kier alpha value is -1.21. The molecule has 0 N–H and O–H groups in total. The normalized spacial score (nSPS) is 14.5. The summed E-state index contributed by atoms with van der Waals surface area (Å²) in [7, 11) is -2.70. The molecule has 1 heterocycles. The quantitative estimate of drug-likeness (QED) is 0.512. The zero-order valence-electron chi connectivity index (χ0n) is 14.2. The van der Waals surface area contributed by atoms with Crippen molar-refractivity contribution in [1.29, 1.82) is 0 Å². The largest absolute Gasteiger partial charge is 0.501 e. The minimum absolute atomic E-state index is 0.224. The summed E-state index contributed by atoms with van der Waals surface area (Å²) in [5, 5.41) is 0. The standard InChI is InChI=1S/C17H26O5Si/c1-4-20-23(21-5-2,22-6-3)13-11-15-9-7-8-14-10-12-19-17(18)16(14)15/h7-9H,4-6,10-13H2,1-3H3. The number of esters is 1. The predicted molar refractivity (Wildman–Crippen MR) is 89.6 cm³/mol. The van der Waals surface area contributed by atoms with E-state index in [9.17, 15) is 4.79 Å². The van der Waals surface area contributed by atoms with Gasteiger partial charge >= 0.3 is 14.8 Å². The summed E-state index contributed by atoms with van der Waals surface area (Å²) in [4.78, 5) is 12.1. The third kappa shape index (κ3) is 4.41. The van der Waals surface area contributed by atoms with Crippen molar-refractivity contribution < 1.29 is 22.8 Å². The summed E-state index contributed by atoms with van der Waals surface area (Å²) in [5.41, 5.74) is 2.77. The number of hydrogen-bond acceptors (Lipinski definition) is 5. The SMILES string of the molecule is CCO[Si](CCc1cccc2c1C(=O)OCC2)(OCC)OCC. The van der Waals surface area contributed by atoms with Crippen LogP contribution in [0.1, 0.15) is 42.3 Å². The molecule has 6 heteroatoms. The Morgan fingerprint density at radius 2 is 1.74 bits per heavy atom. The number of ether oxygens (including phenoxy) is 1. The molecule has 0 bridgehead atoms. The lowest BCUT2D eigenvalue weighted by molar-refractivity contribution is 0.0477. The van der Waals surface area contributed by atoms with E-state index in [0.717, 1.165) is 17.5 Å². The molecule has 0 fully saturated rings. The van der Waals surface area contributed by atoms with Gasteiger partial charge in [-0.25, -0.2) is 4.79 Å². The van der Waals surface area contributed by atoms with Gasteiger partial charge in [0, 0.05) is 32.3 Å². The first-order valence-electron chi connectivity index (χ1n) is 8.35. The smallest absolute Gasteiger partial charge is 0.462 e. The molecule has 5 nitrogen and oxygen atoms in total. The van der Waals surface area contributed by atoms with Gasteiger partial charge in [0.15, 0.2) is 0 Å². The maximum Gasteiger partial charge on any atom is 0.501 e. The van der Waals surface area contributed by atoms with Gasteiger partial charge in [-0.2, -0.15) is 0 Å². The molecule has 0 aliphatic carbocycles. The van der Waals surface area contributed by atoms with Crippen LogP contribution >= 0.6 is 0 Å². The first-order valence-corrected chi connectivity index (χ1v) is 10.3. The molecular weight excluding hydrogens is 312 g/mol. The minimum Gasteiger partial charge on any atom is -0.462 e. The van der Waals surface area contributed by atoms with E-state index in [-0.39, 0.29) is 5.97 Å². The van der Waals surface area contributed by atoms with Crippen LogP contribution in [0.25, 0.3) is 0 Å². The molecule has 0 unspecified atom stereocenters. The lowest BCUT2D eigenvalue weighted by atomic mass is 9.96. The maximum atomic E-state index is 12.1. The van der Waals surface area contributed by atoms with E-state index in [1.54, 1.807) is 0 Å². The predicted octanol–water partition coefficient (Wildman–Crippen LogP) is 2.99. The second-order valence-corrected chi connectivity index (χ2v) is 8.05. The van der Waals surface area contributed by atoms with Crippen LogP contribution < -0.4 is 0 Å². The average Bonchev–Trinajstić information content (AvgIpc) is 2.54. The fourth-order valence-corrected chi connectivity index (χ4v) is 5.53. The Morgan fingerprint density at radius 1 is 1.09 bits per heavy atom. The van der Waals surface area contributed by atoms with E-state index in [2.05, 4.69) is 0 Å². The van der Waals surface area contributed by atoms with E-state index in [4.69, 9.17) is 18.0 Å². The highest BCUT2D eigenvalue weighted by molar-refractivity contribution is 6.60. The van der Waals surface area contributed by atoms with Crippen LogP contribution in [0.4, 0.5) is 0 Å². The number of aryl methyl sites for hydroxylation is 1. The summed E-state index contributed by atoms with van der Waals surface area (Å²) in [5.74, 6) is -0.224. The fourth-order valence-electron chi connectivity index (χ4n) is 2.95. The molecule has 0 saturated carbocycles. The van der Waals surface area contributed by atoms with Crippen molar-refractivity contribution in [3.05, 3.63) is 34.9 Å². The molecule has 0 saturated heterocycles. The van der Waals surface area contributed by atoms with Crippen molar-refractivity contribution in [3.8, 4) is 0 Å². The zero-order chi connectivity index (χ0) is 16.7. The lowest BCUT2D eigenvalue weighted by Gasteiger charge is -2.29. The average molecular weight is 338 g/mol. The van der Waals surface area contributed by atoms with Crippen LogP contribution in [0.5, 0.6) is 0 Å². The molecule has 128 valence electrons. The zero-order valence-corrected chi connectivity index (χ0v) is 15.2. The first-order chi connectivity index (χ1) is 11.2. The minimum atomic E-state index is -2.70. The summed E-state index contributed by atoms with van der Waals surface area (Å²) in [6.45, 7) is 7.97. The van der Waals surface area contributed by atoms with Gasteiger partial charge in [0.05, 0.1) is 12.2 Å². The van der Waals surface area contributed by atoms with Crippen molar-refractivity contribution in [1.82, 2.24) is 0 Å². The molecule has 1 aromatic carbocycles. The number of fused-ring (bicyclic) bond motifs is 1. The number of rotatable bonds is 9. The Labute approximate surface area is 139 Å². The van der Waals surface area contributed by atoms with Crippen LogP contribution in [0, 0.1) is 0 Å². The van der Waals surface area contributed by atoms with Gasteiger partial charge in [0.1, 0.15) is 0 Å². The van der Waals surface area contributed by atoms with Crippen LogP contribution in [0.2, 0.25) is 6.04 Å². The maximum absolute atomic E-state index is 12.1. The van der Waals surface area contributed by atoms with E-state index < -0.39 is 8.80 Å². The Kier molecular flexibility index (Phi) is 6.77. The third-order valence-electron chi connectivity index (χ3n) is 3.84. The van der Waals surface area contributed by atoms with Crippen LogP contribution in [-0.4, -0.2) is 41.2 Å². The highest BCUT2D eigenvalue weighted by atomic mass is 28.4. The number of cyclic esters (lactones) is 1. The molecule has 0 aromatic heterocycles. The topological polar surface area (TPSA) is 54.0 Å². The molecule has 0 amide bonds. The van der Waals surface area contributed by atoms with Gasteiger partial charge in [-0.15, -0.1) is 0 Å². The van der Waals surface area contributed by atoms with E-state index in [0.29, 0.717) is 44.5 Å². The van der Waals surface area contributed by atoms with Gasteiger partial charge in [-0.05, 0) is 38.3 Å². The van der Waals surface area contributed by atoms with Crippen molar-refractivity contribution in [2.75, 3.05) is 26.4 Å². The summed E-state index contributed by atoms with van der Waals surface area (Å²) < 4.78 is 22.8. The first kappa shape index (κ1) is 18.1. The molecular formula is C17H26O5Si. The van der Waals surface area contributed by atoms with E-state index in [1.165, 1.54) is 0 Å². The summed E-state index contributed by atoms with van der Waals surface area (Å²) >= 11 is 0. The van der Waals surface area contributed by atoms with Gasteiger partial charge in [0.2, 0.25) is 0 Å². The molecule has 1 aliphatic heterocycles. The van der Waals surface area contributed by atoms with Crippen molar-refractivity contribution >= 4 is 14.8 Å². The van der Waals surface area contributed by atoms with Crippen LogP contribution in [-0.2, 0) is 30.9 Å². The van der Waals surface area contributed by atoms with Gasteiger partial charge in [-0.3, -0.25) is 0 Å². The molecule has 23 heavy (non-hydrogen) atoms. The number of benzene rings is 1. The molecule has 2 rings (SSSR count). The van der Waals surface area contributed by atoms with E-state index in [1.807, 2.05) is 39.0 Å². The summed E-state index contributed by atoms with van der Waals surface area (Å²) in [6, 6.07) is 6.64. The molecule has 0 atom stereocenters. The highest BCUT2D eigenvalue weighted by Gasteiger charge is 2.40. The molecule has 0 radical (unpaired) electrons. The highest BCUT2D eigenvalue weighted by Crippen LogP contribution is 2.25. The molecule has 1 aromatic rings.